The first-order valence-corrected chi connectivity index (χ1v) is 3.98. The van der Waals surface area contributed by atoms with E-state index >= 15 is 0 Å². The first-order chi connectivity index (χ1) is 5.81. The van der Waals surface area contributed by atoms with Crippen molar-refractivity contribution in [2.75, 3.05) is 0 Å². The molecule has 0 spiro atoms. The van der Waals surface area contributed by atoms with Crippen LogP contribution in [0.2, 0.25) is 0 Å². The quantitative estimate of drug-likeness (QED) is 0.579. The molecule has 6 heteroatoms. The molecule has 2 aromatic rings. The SMILES string of the molecule is O=Cc1cc(=O)n2ncsc2n1. The van der Waals surface area contributed by atoms with Gasteiger partial charge < -0.3 is 0 Å². The Morgan fingerprint density at radius 3 is 3.17 bits per heavy atom. The average Bonchev–Trinajstić information content (AvgIpc) is 2.52. The number of aldehydes is 1. The van der Waals surface area contributed by atoms with Crippen molar-refractivity contribution in [1.82, 2.24) is 14.6 Å². The van der Waals surface area contributed by atoms with Crippen molar-refractivity contribution in [3.8, 4) is 0 Å². The minimum atomic E-state index is -0.330. The summed E-state index contributed by atoms with van der Waals surface area (Å²) in [5.41, 5.74) is 1.31. The lowest BCUT2D eigenvalue weighted by molar-refractivity contribution is 0.111. The van der Waals surface area contributed by atoms with Crippen LogP contribution in [-0.4, -0.2) is 20.9 Å². The summed E-state index contributed by atoms with van der Waals surface area (Å²) in [6, 6.07) is 1.15. The van der Waals surface area contributed by atoms with Gasteiger partial charge in [-0.3, -0.25) is 9.59 Å². The average molecular weight is 181 g/mol. The maximum atomic E-state index is 11.1. The molecule has 0 fully saturated rings. The van der Waals surface area contributed by atoms with Crippen LogP contribution < -0.4 is 5.56 Å². The number of hydrogen-bond acceptors (Lipinski definition) is 5. The fourth-order valence-corrected chi connectivity index (χ4v) is 1.46. The summed E-state index contributed by atoms with van der Waals surface area (Å²) in [4.78, 5) is 25.7. The number of carbonyl (C=O) groups is 1. The molecule has 12 heavy (non-hydrogen) atoms. The van der Waals surface area contributed by atoms with E-state index in [1.807, 2.05) is 0 Å². The standard InChI is InChI=1S/C6H3N3O2S/c10-2-4-1-5(11)9-6(8-4)12-3-7-9/h1-3H. The van der Waals surface area contributed by atoms with Gasteiger partial charge >= 0.3 is 0 Å². The van der Waals surface area contributed by atoms with E-state index in [9.17, 15) is 9.59 Å². The van der Waals surface area contributed by atoms with Gasteiger partial charge in [-0.25, -0.2) is 4.98 Å². The molecule has 0 aliphatic heterocycles. The summed E-state index contributed by atoms with van der Waals surface area (Å²) in [5, 5.41) is 3.74. The van der Waals surface area contributed by atoms with Crippen LogP contribution in [0.4, 0.5) is 0 Å². The van der Waals surface area contributed by atoms with Crippen LogP contribution in [0.25, 0.3) is 4.96 Å². The largest absolute Gasteiger partial charge is 0.296 e. The molecule has 0 atom stereocenters. The number of rotatable bonds is 1. The third-order valence-electron chi connectivity index (χ3n) is 1.33. The first-order valence-electron chi connectivity index (χ1n) is 3.10. The van der Waals surface area contributed by atoms with Gasteiger partial charge in [-0.15, -0.1) is 0 Å². The summed E-state index contributed by atoms with van der Waals surface area (Å²) < 4.78 is 1.15. The molecule has 0 aliphatic rings. The molecule has 0 N–H and O–H groups in total. The van der Waals surface area contributed by atoms with E-state index in [1.54, 1.807) is 0 Å². The smallest absolute Gasteiger partial charge is 0.275 e. The molecule has 60 valence electrons. The van der Waals surface area contributed by atoms with E-state index < -0.39 is 0 Å². The highest BCUT2D eigenvalue weighted by Gasteiger charge is 2.01. The Morgan fingerprint density at radius 2 is 2.42 bits per heavy atom. The Bertz CT molecular complexity index is 487. The van der Waals surface area contributed by atoms with Gasteiger partial charge in [-0.1, -0.05) is 11.3 Å². The van der Waals surface area contributed by atoms with Gasteiger partial charge in [-0.05, 0) is 0 Å². The van der Waals surface area contributed by atoms with Crippen LogP contribution in [0.3, 0.4) is 0 Å². The number of hydrogen-bond donors (Lipinski definition) is 0. The molecule has 0 unspecified atom stereocenters. The lowest BCUT2D eigenvalue weighted by Crippen LogP contribution is -2.14. The van der Waals surface area contributed by atoms with Gasteiger partial charge in [0, 0.05) is 6.07 Å². The summed E-state index contributed by atoms with van der Waals surface area (Å²) in [7, 11) is 0. The van der Waals surface area contributed by atoms with E-state index in [4.69, 9.17) is 0 Å². The Morgan fingerprint density at radius 1 is 1.58 bits per heavy atom. The molecule has 0 saturated heterocycles. The van der Waals surface area contributed by atoms with Crippen molar-refractivity contribution >= 4 is 22.6 Å². The second kappa shape index (κ2) is 2.49. The van der Waals surface area contributed by atoms with Gasteiger partial charge in [0.1, 0.15) is 11.2 Å². The van der Waals surface area contributed by atoms with Crippen molar-refractivity contribution in [2.45, 2.75) is 0 Å². The Hall–Kier alpha value is -1.56. The van der Waals surface area contributed by atoms with E-state index in [0.717, 1.165) is 10.6 Å². The third-order valence-corrected chi connectivity index (χ3v) is 2.00. The maximum Gasteiger partial charge on any atom is 0.275 e. The second-order valence-corrected chi connectivity index (χ2v) is 2.88. The van der Waals surface area contributed by atoms with Crippen LogP contribution in [-0.2, 0) is 0 Å². The van der Waals surface area contributed by atoms with E-state index in [1.165, 1.54) is 16.8 Å². The normalized spacial score (nSPS) is 10.3. The molecular formula is C6H3N3O2S. The zero-order valence-corrected chi connectivity index (χ0v) is 6.61. The molecule has 0 aromatic carbocycles. The monoisotopic (exact) mass is 181 g/mol. The van der Waals surface area contributed by atoms with Gasteiger partial charge in [-0.2, -0.15) is 9.61 Å². The second-order valence-electron chi connectivity index (χ2n) is 2.07. The zero-order valence-electron chi connectivity index (χ0n) is 5.80. The Balaban J connectivity index is 2.93. The fourth-order valence-electron chi connectivity index (χ4n) is 0.833. The van der Waals surface area contributed by atoms with Crippen molar-refractivity contribution in [1.29, 1.82) is 0 Å². The number of aromatic nitrogens is 3. The highest BCUT2D eigenvalue weighted by molar-refractivity contribution is 7.14. The summed E-state index contributed by atoms with van der Waals surface area (Å²) in [6.45, 7) is 0. The molecular weight excluding hydrogens is 178 g/mol. The molecule has 0 aliphatic carbocycles. The van der Waals surface area contributed by atoms with Crippen LogP contribution in [0.5, 0.6) is 0 Å². The van der Waals surface area contributed by atoms with Crippen molar-refractivity contribution in [3.63, 3.8) is 0 Å². The lowest BCUT2D eigenvalue weighted by Gasteiger charge is -1.89. The third kappa shape index (κ3) is 0.928. The molecule has 0 amide bonds. The van der Waals surface area contributed by atoms with E-state index in [-0.39, 0.29) is 11.3 Å². The van der Waals surface area contributed by atoms with Crippen molar-refractivity contribution < 1.29 is 4.79 Å². The van der Waals surface area contributed by atoms with Gasteiger partial charge in [0.2, 0.25) is 4.96 Å². The molecule has 5 nitrogen and oxygen atoms in total. The minimum Gasteiger partial charge on any atom is -0.296 e. The fraction of sp³-hybridized carbons (Fsp3) is 0. The molecule has 0 radical (unpaired) electrons. The van der Waals surface area contributed by atoms with Crippen LogP contribution in [0, 0.1) is 0 Å². The van der Waals surface area contributed by atoms with Crippen LogP contribution >= 0.6 is 11.3 Å². The van der Waals surface area contributed by atoms with Crippen molar-refractivity contribution in [2.24, 2.45) is 0 Å². The molecule has 2 aromatic heterocycles. The van der Waals surface area contributed by atoms with Gasteiger partial charge in [0.05, 0.1) is 0 Å². The lowest BCUT2D eigenvalue weighted by atomic mass is 10.4. The summed E-state index contributed by atoms with van der Waals surface area (Å²) >= 11 is 1.21. The number of fused-ring (bicyclic) bond motifs is 1. The number of nitrogens with zero attached hydrogens (tertiary/aromatic N) is 3. The van der Waals surface area contributed by atoms with Crippen LogP contribution in [0.1, 0.15) is 10.5 Å². The summed E-state index contributed by atoms with van der Waals surface area (Å²) in [5.74, 6) is 0. The predicted molar refractivity (Wildman–Crippen MR) is 42.5 cm³/mol. The van der Waals surface area contributed by atoms with Gasteiger partial charge in [0.15, 0.2) is 6.29 Å². The molecule has 0 saturated carbocycles. The Kier molecular flexibility index (Phi) is 1.47. The Labute approximate surface area is 70.3 Å². The number of carbonyl (C=O) groups excluding carboxylic acids is 1. The topological polar surface area (TPSA) is 64.3 Å². The van der Waals surface area contributed by atoms with E-state index in [2.05, 4.69) is 10.1 Å². The molecule has 2 rings (SSSR count). The van der Waals surface area contributed by atoms with E-state index in [0.29, 0.717) is 11.2 Å². The molecule has 2 heterocycles. The minimum absolute atomic E-state index is 0.143. The summed E-state index contributed by atoms with van der Waals surface area (Å²) in [6.07, 6.45) is 0.543. The van der Waals surface area contributed by atoms with Crippen molar-refractivity contribution in [3.05, 3.63) is 27.6 Å². The van der Waals surface area contributed by atoms with Crippen LogP contribution in [0.15, 0.2) is 16.4 Å². The maximum absolute atomic E-state index is 11.1. The zero-order chi connectivity index (χ0) is 8.55. The highest BCUT2D eigenvalue weighted by atomic mass is 32.1. The predicted octanol–water partition coefficient (Wildman–Crippen LogP) is -0.0365. The van der Waals surface area contributed by atoms with Gasteiger partial charge in [0.25, 0.3) is 5.56 Å². The molecule has 0 bridgehead atoms. The first kappa shape index (κ1) is 7.11. The highest BCUT2D eigenvalue weighted by Crippen LogP contribution is 2.01.